The Morgan fingerprint density at radius 2 is 1.93 bits per heavy atom. The molecule has 0 aromatic heterocycles. The summed E-state index contributed by atoms with van der Waals surface area (Å²) in [6.07, 6.45) is 1.58. The molecule has 0 heterocycles. The van der Waals surface area contributed by atoms with Crippen LogP contribution in [-0.2, 0) is 4.43 Å². The second-order valence-corrected chi connectivity index (χ2v) is 7.72. The highest BCUT2D eigenvalue weighted by atomic mass is 28.4. The Kier molecular flexibility index (Phi) is 3.53. The molecule has 0 amide bonds. The van der Waals surface area contributed by atoms with Gasteiger partial charge in [-0.15, -0.1) is 0 Å². The van der Waals surface area contributed by atoms with Gasteiger partial charge in [0.25, 0.3) is 8.32 Å². The molecule has 0 fully saturated rings. The van der Waals surface area contributed by atoms with E-state index < -0.39 is 8.32 Å². The van der Waals surface area contributed by atoms with Crippen LogP contribution < -0.4 is 5.19 Å². The molecule has 0 aliphatic carbocycles. The van der Waals surface area contributed by atoms with E-state index in [1.165, 1.54) is 10.8 Å². The second-order valence-electron chi connectivity index (χ2n) is 3.73. The van der Waals surface area contributed by atoms with Crippen molar-refractivity contribution in [3.8, 4) is 0 Å². The van der Waals surface area contributed by atoms with E-state index in [1.807, 2.05) is 0 Å². The molecule has 0 N–H and O–H groups in total. The minimum absolute atomic E-state index is 1.07. The van der Waals surface area contributed by atoms with Gasteiger partial charge in [0.05, 0.1) is 6.26 Å². The van der Waals surface area contributed by atoms with Crippen LogP contribution in [0.1, 0.15) is 12.5 Å². The summed E-state index contributed by atoms with van der Waals surface area (Å²) in [6, 6.07) is 9.70. The third-order valence-corrected chi connectivity index (χ3v) is 6.27. The van der Waals surface area contributed by atoms with Crippen LogP contribution in [0.15, 0.2) is 37.1 Å². The van der Waals surface area contributed by atoms with Gasteiger partial charge in [0, 0.05) is 0 Å². The Labute approximate surface area is 87.5 Å². The predicted molar refractivity (Wildman–Crippen MR) is 64.2 cm³/mol. The molecule has 0 bridgehead atoms. The van der Waals surface area contributed by atoms with Crippen LogP contribution in [0.4, 0.5) is 0 Å². The van der Waals surface area contributed by atoms with Crippen LogP contribution >= 0.6 is 0 Å². The Balaban J connectivity index is 2.99. The van der Waals surface area contributed by atoms with Crippen LogP contribution in [0, 0.1) is 6.92 Å². The number of rotatable bonds is 4. The molecule has 76 valence electrons. The van der Waals surface area contributed by atoms with Crippen LogP contribution in [-0.4, -0.2) is 8.32 Å². The summed E-state index contributed by atoms with van der Waals surface area (Å²) >= 11 is 0. The summed E-state index contributed by atoms with van der Waals surface area (Å²) in [4.78, 5) is 0. The van der Waals surface area contributed by atoms with Crippen molar-refractivity contribution in [2.45, 2.75) is 26.4 Å². The third kappa shape index (κ3) is 2.26. The van der Waals surface area contributed by atoms with Crippen LogP contribution in [0.2, 0.25) is 12.6 Å². The van der Waals surface area contributed by atoms with Gasteiger partial charge in [-0.3, -0.25) is 0 Å². The first-order chi connectivity index (χ1) is 6.62. The normalized spacial score (nSPS) is 14.5. The van der Waals surface area contributed by atoms with Crippen molar-refractivity contribution in [2.75, 3.05) is 0 Å². The summed E-state index contributed by atoms with van der Waals surface area (Å²) in [5.41, 5.74) is 1.29. The minimum atomic E-state index is -1.74. The number of hydrogen-bond donors (Lipinski definition) is 0. The summed E-state index contributed by atoms with van der Waals surface area (Å²) in [6.45, 7) is 10.1. The van der Waals surface area contributed by atoms with Crippen LogP contribution in [0.25, 0.3) is 0 Å². The Hall–Kier alpha value is -1.02. The van der Waals surface area contributed by atoms with Gasteiger partial charge in [-0.05, 0) is 24.7 Å². The SMILES string of the molecule is C=CO[Si](C)(CC)c1ccc(C)cc1. The molecular weight excluding hydrogens is 188 g/mol. The maximum absolute atomic E-state index is 5.71. The van der Waals surface area contributed by atoms with Crippen molar-refractivity contribution < 1.29 is 4.43 Å². The molecule has 0 saturated heterocycles. The van der Waals surface area contributed by atoms with E-state index in [2.05, 4.69) is 51.2 Å². The molecule has 0 radical (unpaired) electrons. The van der Waals surface area contributed by atoms with Gasteiger partial charge < -0.3 is 4.43 Å². The summed E-state index contributed by atoms with van der Waals surface area (Å²) in [5.74, 6) is 0. The molecule has 1 rings (SSSR count). The highest BCUT2D eigenvalue weighted by Crippen LogP contribution is 2.12. The van der Waals surface area contributed by atoms with Crippen molar-refractivity contribution in [1.29, 1.82) is 0 Å². The molecule has 0 spiro atoms. The monoisotopic (exact) mass is 206 g/mol. The van der Waals surface area contributed by atoms with E-state index in [0.717, 1.165) is 6.04 Å². The Morgan fingerprint density at radius 3 is 2.36 bits per heavy atom. The fourth-order valence-electron chi connectivity index (χ4n) is 1.45. The third-order valence-electron chi connectivity index (χ3n) is 2.68. The fraction of sp³-hybridized carbons (Fsp3) is 0.333. The van der Waals surface area contributed by atoms with Gasteiger partial charge in [-0.1, -0.05) is 43.3 Å². The maximum atomic E-state index is 5.71. The van der Waals surface area contributed by atoms with Gasteiger partial charge in [-0.2, -0.15) is 0 Å². The van der Waals surface area contributed by atoms with Gasteiger partial charge in [0.15, 0.2) is 0 Å². The zero-order valence-electron chi connectivity index (χ0n) is 9.21. The molecule has 1 unspecified atom stereocenters. The van der Waals surface area contributed by atoms with Crippen molar-refractivity contribution >= 4 is 13.5 Å². The second kappa shape index (κ2) is 4.47. The van der Waals surface area contributed by atoms with Crippen LogP contribution in [0.3, 0.4) is 0 Å². The van der Waals surface area contributed by atoms with E-state index in [-0.39, 0.29) is 0 Å². The maximum Gasteiger partial charge on any atom is 0.278 e. The van der Waals surface area contributed by atoms with Crippen molar-refractivity contribution in [1.82, 2.24) is 0 Å². The van der Waals surface area contributed by atoms with Crippen molar-refractivity contribution in [2.24, 2.45) is 0 Å². The standard InChI is InChI=1S/C12H18OSi/c1-5-13-14(4,6-2)12-9-7-11(3)8-10-12/h5,7-10H,1,6H2,2-4H3. The first-order valence-corrected chi connectivity index (χ1v) is 7.60. The highest BCUT2D eigenvalue weighted by molar-refractivity contribution is 6.85. The minimum Gasteiger partial charge on any atom is -0.545 e. The molecule has 0 aliphatic heterocycles. The predicted octanol–water partition coefficient (Wildman–Crippen LogP) is 2.96. The van der Waals surface area contributed by atoms with E-state index in [4.69, 9.17) is 4.43 Å². The van der Waals surface area contributed by atoms with Crippen molar-refractivity contribution in [3.63, 3.8) is 0 Å². The molecule has 1 aromatic carbocycles. The van der Waals surface area contributed by atoms with Crippen LogP contribution in [0.5, 0.6) is 0 Å². The summed E-state index contributed by atoms with van der Waals surface area (Å²) in [5, 5.41) is 1.34. The molecule has 14 heavy (non-hydrogen) atoms. The Bertz CT molecular complexity index is 305. The summed E-state index contributed by atoms with van der Waals surface area (Å²) in [7, 11) is -1.74. The number of aryl methyl sites for hydroxylation is 1. The molecule has 2 heteroatoms. The topological polar surface area (TPSA) is 9.23 Å². The molecule has 0 saturated carbocycles. The van der Waals surface area contributed by atoms with E-state index in [1.54, 1.807) is 6.26 Å². The van der Waals surface area contributed by atoms with E-state index >= 15 is 0 Å². The lowest BCUT2D eigenvalue weighted by atomic mass is 10.2. The lowest BCUT2D eigenvalue weighted by Gasteiger charge is -2.25. The molecule has 1 nitrogen and oxygen atoms in total. The summed E-state index contributed by atoms with van der Waals surface area (Å²) < 4.78 is 5.71. The van der Waals surface area contributed by atoms with E-state index in [0.29, 0.717) is 0 Å². The van der Waals surface area contributed by atoms with Gasteiger partial charge in [0.2, 0.25) is 0 Å². The largest absolute Gasteiger partial charge is 0.545 e. The first-order valence-electron chi connectivity index (χ1n) is 4.98. The zero-order chi connectivity index (χ0) is 10.6. The smallest absolute Gasteiger partial charge is 0.278 e. The van der Waals surface area contributed by atoms with Gasteiger partial charge in [-0.25, -0.2) is 0 Å². The molecule has 1 atom stereocenters. The Morgan fingerprint density at radius 1 is 1.36 bits per heavy atom. The van der Waals surface area contributed by atoms with Crippen molar-refractivity contribution in [3.05, 3.63) is 42.7 Å². The zero-order valence-corrected chi connectivity index (χ0v) is 10.2. The molecular formula is C12H18OSi. The molecule has 1 aromatic rings. The number of hydrogen-bond acceptors (Lipinski definition) is 1. The van der Waals surface area contributed by atoms with E-state index in [9.17, 15) is 0 Å². The van der Waals surface area contributed by atoms with Gasteiger partial charge in [0.1, 0.15) is 0 Å². The first kappa shape index (κ1) is 11.1. The average molecular weight is 206 g/mol. The lowest BCUT2D eigenvalue weighted by Crippen LogP contribution is -2.45. The number of benzene rings is 1. The fourth-order valence-corrected chi connectivity index (χ4v) is 3.40. The highest BCUT2D eigenvalue weighted by Gasteiger charge is 2.29. The lowest BCUT2D eigenvalue weighted by molar-refractivity contribution is 0.481. The molecule has 0 aliphatic rings. The quantitative estimate of drug-likeness (QED) is 0.543. The van der Waals surface area contributed by atoms with Gasteiger partial charge >= 0.3 is 0 Å². The average Bonchev–Trinajstić information content (AvgIpc) is 2.19.